The smallest absolute Gasteiger partial charge is 0.387 e. The molecule has 2 N–H and O–H groups in total. The van der Waals surface area contributed by atoms with Crippen LogP contribution in [0.1, 0.15) is 5.56 Å². The van der Waals surface area contributed by atoms with Gasteiger partial charge in [0.2, 0.25) is 0 Å². The maximum atomic E-state index is 11.8. The molecule has 0 unspecified atom stereocenters. The van der Waals surface area contributed by atoms with Crippen molar-refractivity contribution in [3.8, 4) is 5.75 Å². The Bertz CT molecular complexity index is 258. The highest BCUT2D eigenvalue weighted by Crippen LogP contribution is 2.18. The molecule has 0 heterocycles. The van der Waals surface area contributed by atoms with E-state index in [1.807, 2.05) is 0 Å². The number of ether oxygens (including phenoxy) is 1. The normalized spacial score (nSPS) is 9.54. The highest BCUT2D eigenvalue weighted by Gasteiger charge is 2.06. The van der Waals surface area contributed by atoms with E-state index >= 15 is 0 Å². The van der Waals surface area contributed by atoms with Crippen molar-refractivity contribution < 1.29 is 13.5 Å². The Balaban J connectivity index is 0.00000144. The Labute approximate surface area is 81.1 Å². The standard InChI is InChI=1S/C8H9F2NO.ClH/c9-8(10)12-7-4-2-1-3-6(7)5-11;/h1-4,8H,5,11H2;1H. The lowest BCUT2D eigenvalue weighted by Gasteiger charge is -2.07. The van der Waals surface area contributed by atoms with Gasteiger partial charge >= 0.3 is 6.61 Å². The van der Waals surface area contributed by atoms with Crippen LogP contribution in [-0.2, 0) is 6.54 Å². The topological polar surface area (TPSA) is 35.2 Å². The average Bonchev–Trinajstić information content (AvgIpc) is 2.04. The second kappa shape index (κ2) is 5.72. The van der Waals surface area contributed by atoms with E-state index < -0.39 is 6.61 Å². The Morgan fingerprint density at radius 3 is 2.46 bits per heavy atom. The monoisotopic (exact) mass is 209 g/mol. The van der Waals surface area contributed by atoms with Gasteiger partial charge < -0.3 is 10.5 Å². The number of nitrogens with two attached hydrogens (primary N) is 1. The molecule has 0 radical (unpaired) electrons. The summed E-state index contributed by atoms with van der Waals surface area (Å²) in [5.74, 6) is 0.148. The fraction of sp³-hybridized carbons (Fsp3) is 0.250. The lowest BCUT2D eigenvalue weighted by molar-refractivity contribution is -0.0504. The molecule has 0 saturated carbocycles. The van der Waals surface area contributed by atoms with Crippen molar-refractivity contribution in [2.75, 3.05) is 0 Å². The molecule has 0 aliphatic carbocycles. The molecule has 0 aliphatic rings. The van der Waals surface area contributed by atoms with Crippen molar-refractivity contribution in [3.63, 3.8) is 0 Å². The van der Waals surface area contributed by atoms with Crippen molar-refractivity contribution in [2.45, 2.75) is 13.2 Å². The minimum Gasteiger partial charge on any atom is -0.434 e. The molecule has 0 atom stereocenters. The maximum absolute atomic E-state index is 11.8. The van der Waals surface area contributed by atoms with Gasteiger partial charge in [-0.25, -0.2) is 0 Å². The number of alkyl halides is 2. The summed E-state index contributed by atoms with van der Waals surface area (Å²) in [6, 6.07) is 6.46. The van der Waals surface area contributed by atoms with E-state index in [1.54, 1.807) is 18.2 Å². The Morgan fingerprint density at radius 1 is 1.31 bits per heavy atom. The maximum Gasteiger partial charge on any atom is 0.387 e. The molecule has 0 fully saturated rings. The molecule has 5 heteroatoms. The first-order valence-electron chi connectivity index (χ1n) is 3.47. The van der Waals surface area contributed by atoms with Gasteiger partial charge in [-0.1, -0.05) is 18.2 Å². The van der Waals surface area contributed by atoms with Crippen molar-refractivity contribution in [2.24, 2.45) is 5.73 Å². The van der Waals surface area contributed by atoms with E-state index in [9.17, 15) is 8.78 Å². The largest absolute Gasteiger partial charge is 0.434 e. The summed E-state index contributed by atoms with van der Waals surface area (Å²) in [7, 11) is 0. The Hall–Kier alpha value is -0.870. The van der Waals surface area contributed by atoms with Crippen LogP contribution in [0.3, 0.4) is 0 Å². The van der Waals surface area contributed by atoms with Gasteiger partial charge in [-0.3, -0.25) is 0 Å². The van der Waals surface area contributed by atoms with Crippen LogP contribution in [0.2, 0.25) is 0 Å². The molecule has 0 saturated heterocycles. The summed E-state index contributed by atoms with van der Waals surface area (Å²) in [5.41, 5.74) is 5.88. The van der Waals surface area contributed by atoms with Crippen molar-refractivity contribution in [1.82, 2.24) is 0 Å². The third-order valence-electron chi connectivity index (χ3n) is 1.41. The van der Waals surface area contributed by atoms with Gasteiger partial charge in [0.05, 0.1) is 0 Å². The number of hydrogen-bond acceptors (Lipinski definition) is 2. The van der Waals surface area contributed by atoms with Crippen LogP contribution in [0, 0.1) is 0 Å². The zero-order valence-electron chi connectivity index (χ0n) is 6.74. The first-order valence-corrected chi connectivity index (χ1v) is 3.47. The second-order valence-electron chi connectivity index (χ2n) is 2.19. The van der Waals surface area contributed by atoms with Gasteiger partial charge in [-0.2, -0.15) is 8.78 Å². The highest BCUT2D eigenvalue weighted by molar-refractivity contribution is 5.85. The van der Waals surface area contributed by atoms with E-state index in [1.165, 1.54) is 6.07 Å². The van der Waals surface area contributed by atoms with Crippen LogP contribution in [0.5, 0.6) is 5.75 Å². The summed E-state index contributed by atoms with van der Waals surface area (Å²) in [6.07, 6.45) is 0. The predicted octanol–water partition coefficient (Wildman–Crippen LogP) is 2.17. The molecule has 1 aromatic carbocycles. The van der Waals surface area contributed by atoms with Crippen molar-refractivity contribution >= 4 is 12.4 Å². The van der Waals surface area contributed by atoms with Crippen molar-refractivity contribution in [3.05, 3.63) is 29.8 Å². The average molecular weight is 210 g/mol. The van der Waals surface area contributed by atoms with Gasteiger partial charge in [-0.05, 0) is 6.07 Å². The Morgan fingerprint density at radius 2 is 1.92 bits per heavy atom. The number of para-hydroxylation sites is 1. The van der Waals surface area contributed by atoms with Crippen LogP contribution in [0.4, 0.5) is 8.78 Å². The molecule has 13 heavy (non-hydrogen) atoms. The van der Waals surface area contributed by atoms with Gasteiger partial charge in [0.1, 0.15) is 5.75 Å². The fourth-order valence-electron chi connectivity index (χ4n) is 0.883. The van der Waals surface area contributed by atoms with Crippen LogP contribution < -0.4 is 10.5 Å². The number of benzene rings is 1. The molecule has 74 valence electrons. The molecule has 2 nitrogen and oxygen atoms in total. The summed E-state index contributed by atoms with van der Waals surface area (Å²) >= 11 is 0. The summed E-state index contributed by atoms with van der Waals surface area (Å²) in [5, 5.41) is 0. The summed E-state index contributed by atoms with van der Waals surface area (Å²) in [6.45, 7) is -2.60. The van der Waals surface area contributed by atoms with Crippen LogP contribution in [0.15, 0.2) is 24.3 Å². The zero-order chi connectivity index (χ0) is 8.97. The van der Waals surface area contributed by atoms with Crippen LogP contribution in [0.25, 0.3) is 0 Å². The molecule has 0 aromatic heterocycles. The highest BCUT2D eigenvalue weighted by atomic mass is 35.5. The van der Waals surface area contributed by atoms with E-state index in [4.69, 9.17) is 5.73 Å². The number of hydrogen-bond donors (Lipinski definition) is 1. The third kappa shape index (κ3) is 3.57. The molecule has 0 amide bonds. The van der Waals surface area contributed by atoms with Crippen molar-refractivity contribution in [1.29, 1.82) is 0 Å². The van der Waals surface area contributed by atoms with Gasteiger partial charge in [0.25, 0.3) is 0 Å². The minimum absolute atomic E-state index is 0. The zero-order valence-corrected chi connectivity index (χ0v) is 7.56. The minimum atomic E-state index is -2.79. The Kier molecular flexibility index (Phi) is 5.34. The molecule has 1 aromatic rings. The molecule has 0 spiro atoms. The number of halogens is 3. The first-order chi connectivity index (χ1) is 5.74. The predicted molar refractivity (Wildman–Crippen MR) is 48.2 cm³/mol. The van der Waals surface area contributed by atoms with E-state index in [-0.39, 0.29) is 24.7 Å². The van der Waals surface area contributed by atoms with Crippen LogP contribution in [-0.4, -0.2) is 6.61 Å². The molecule has 0 aliphatic heterocycles. The molecule has 0 bridgehead atoms. The molecule has 1 rings (SSSR count). The van der Waals surface area contributed by atoms with E-state index in [0.717, 1.165) is 0 Å². The van der Waals surface area contributed by atoms with E-state index in [0.29, 0.717) is 5.56 Å². The van der Waals surface area contributed by atoms with Gasteiger partial charge in [0, 0.05) is 12.1 Å². The lowest BCUT2D eigenvalue weighted by Crippen LogP contribution is -2.06. The van der Waals surface area contributed by atoms with E-state index in [2.05, 4.69) is 4.74 Å². The molecular weight excluding hydrogens is 200 g/mol. The quantitative estimate of drug-likeness (QED) is 0.828. The third-order valence-corrected chi connectivity index (χ3v) is 1.41. The molecular formula is C8H10ClF2NO. The van der Waals surface area contributed by atoms with Gasteiger partial charge in [-0.15, -0.1) is 12.4 Å². The van der Waals surface area contributed by atoms with Crippen LogP contribution >= 0.6 is 12.4 Å². The SMILES string of the molecule is Cl.NCc1ccccc1OC(F)F. The summed E-state index contributed by atoms with van der Waals surface area (Å²) < 4.78 is 27.8. The van der Waals surface area contributed by atoms with Gasteiger partial charge in [0.15, 0.2) is 0 Å². The summed E-state index contributed by atoms with van der Waals surface area (Å²) in [4.78, 5) is 0. The lowest BCUT2D eigenvalue weighted by atomic mass is 10.2. The first kappa shape index (κ1) is 12.1. The number of rotatable bonds is 3. The second-order valence-corrected chi connectivity index (χ2v) is 2.19. The fourth-order valence-corrected chi connectivity index (χ4v) is 0.883.